The summed E-state index contributed by atoms with van der Waals surface area (Å²) in [5.74, 6) is -2.63. The third kappa shape index (κ3) is 4.71. The summed E-state index contributed by atoms with van der Waals surface area (Å²) in [6.07, 6.45) is 0. The van der Waals surface area contributed by atoms with Crippen LogP contribution in [0.15, 0.2) is 22.7 Å². The monoisotopic (exact) mass is 364 g/mol. The van der Waals surface area contributed by atoms with Crippen molar-refractivity contribution in [1.82, 2.24) is 4.90 Å². The van der Waals surface area contributed by atoms with Gasteiger partial charge in [0.2, 0.25) is 0 Å². The van der Waals surface area contributed by atoms with Crippen LogP contribution in [-0.2, 0) is 9.59 Å². The Balaban J connectivity index is 2.87. The first-order valence-electron chi connectivity index (χ1n) is 5.24. The molecule has 0 aliphatic rings. The van der Waals surface area contributed by atoms with Gasteiger partial charge in [-0.2, -0.15) is 0 Å². The number of carbonyl (C=O) groups excluding carboxylic acids is 1. The summed E-state index contributed by atoms with van der Waals surface area (Å²) < 4.78 is 0.417. The Kier molecular flexibility index (Phi) is 5.78. The number of benzene rings is 1. The second-order valence-electron chi connectivity index (χ2n) is 3.68. The highest BCUT2D eigenvalue weighted by atomic mass is 79.9. The molecule has 108 valence electrons. The van der Waals surface area contributed by atoms with Gasteiger partial charge in [0.25, 0.3) is 0 Å². The van der Waals surface area contributed by atoms with Gasteiger partial charge in [-0.15, -0.1) is 0 Å². The Morgan fingerprint density at radius 2 is 1.75 bits per heavy atom. The van der Waals surface area contributed by atoms with E-state index in [1.807, 2.05) is 0 Å². The second kappa shape index (κ2) is 7.11. The molecule has 0 aliphatic heterocycles. The fourth-order valence-electron chi connectivity index (χ4n) is 1.32. The normalized spacial score (nSPS) is 9.90. The summed E-state index contributed by atoms with van der Waals surface area (Å²) in [6.45, 7) is -1.45. The Morgan fingerprint density at radius 3 is 2.25 bits per heavy atom. The van der Waals surface area contributed by atoms with Crippen LogP contribution in [0.5, 0.6) is 0 Å². The van der Waals surface area contributed by atoms with Crippen molar-refractivity contribution in [2.45, 2.75) is 0 Å². The van der Waals surface area contributed by atoms with Crippen LogP contribution in [0.2, 0.25) is 5.02 Å². The molecule has 1 rings (SSSR count). The molecule has 0 radical (unpaired) electrons. The minimum Gasteiger partial charge on any atom is -0.480 e. The summed E-state index contributed by atoms with van der Waals surface area (Å²) in [4.78, 5) is 33.8. The number of nitrogens with zero attached hydrogens (tertiary/aromatic N) is 1. The maximum absolute atomic E-state index is 11.9. The number of hydrogen-bond donors (Lipinski definition) is 3. The molecule has 0 heterocycles. The van der Waals surface area contributed by atoms with Crippen LogP contribution >= 0.6 is 27.5 Å². The zero-order chi connectivity index (χ0) is 15.3. The van der Waals surface area contributed by atoms with Crippen LogP contribution in [-0.4, -0.2) is 46.2 Å². The van der Waals surface area contributed by atoms with Crippen molar-refractivity contribution in [2.24, 2.45) is 0 Å². The van der Waals surface area contributed by atoms with Gasteiger partial charge in [0.1, 0.15) is 13.1 Å². The van der Waals surface area contributed by atoms with Crippen molar-refractivity contribution >= 4 is 51.2 Å². The van der Waals surface area contributed by atoms with Crippen LogP contribution < -0.4 is 5.32 Å². The van der Waals surface area contributed by atoms with Gasteiger partial charge in [-0.05, 0) is 28.1 Å². The number of nitrogens with one attached hydrogen (secondary N) is 1. The average molecular weight is 366 g/mol. The first-order valence-corrected chi connectivity index (χ1v) is 6.42. The van der Waals surface area contributed by atoms with Gasteiger partial charge in [-0.1, -0.05) is 17.7 Å². The molecule has 0 aromatic heterocycles. The largest absolute Gasteiger partial charge is 0.480 e. The van der Waals surface area contributed by atoms with Gasteiger partial charge >= 0.3 is 18.0 Å². The van der Waals surface area contributed by atoms with Crippen LogP contribution in [0.3, 0.4) is 0 Å². The fraction of sp³-hybridized carbons (Fsp3) is 0.182. The molecule has 0 spiro atoms. The predicted molar refractivity (Wildman–Crippen MR) is 75.0 cm³/mol. The van der Waals surface area contributed by atoms with Gasteiger partial charge < -0.3 is 20.4 Å². The molecule has 0 bridgehead atoms. The molecule has 0 aliphatic carbocycles. The van der Waals surface area contributed by atoms with E-state index in [4.69, 9.17) is 21.8 Å². The lowest BCUT2D eigenvalue weighted by Gasteiger charge is -2.19. The summed E-state index contributed by atoms with van der Waals surface area (Å²) in [7, 11) is 0. The minimum atomic E-state index is -1.31. The van der Waals surface area contributed by atoms with Crippen molar-refractivity contribution in [2.75, 3.05) is 18.4 Å². The fourth-order valence-corrected chi connectivity index (χ4v) is 1.86. The highest BCUT2D eigenvalue weighted by molar-refractivity contribution is 9.10. The molecule has 3 N–H and O–H groups in total. The summed E-state index contributed by atoms with van der Waals surface area (Å²) in [5.41, 5.74) is 0.309. The number of carboxylic acids is 2. The first kappa shape index (κ1) is 16.3. The number of aliphatic carboxylic acids is 2. The number of anilines is 1. The topological polar surface area (TPSA) is 107 Å². The van der Waals surface area contributed by atoms with E-state index in [9.17, 15) is 14.4 Å². The molecule has 0 atom stereocenters. The molecule has 0 saturated heterocycles. The van der Waals surface area contributed by atoms with Crippen LogP contribution in [0.1, 0.15) is 0 Å². The summed E-state index contributed by atoms with van der Waals surface area (Å²) in [5, 5.41) is 20.1. The molecule has 0 saturated carbocycles. The molecular formula is C11H10BrClN2O5. The van der Waals surface area contributed by atoms with E-state index >= 15 is 0 Å². The van der Waals surface area contributed by atoms with Gasteiger partial charge in [-0.3, -0.25) is 9.59 Å². The van der Waals surface area contributed by atoms with Gasteiger partial charge in [0, 0.05) is 0 Å². The van der Waals surface area contributed by atoms with Gasteiger partial charge in [-0.25, -0.2) is 4.79 Å². The molecular weight excluding hydrogens is 355 g/mol. The van der Waals surface area contributed by atoms with Crippen molar-refractivity contribution in [3.63, 3.8) is 0 Å². The van der Waals surface area contributed by atoms with Gasteiger partial charge in [0.15, 0.2) is 0 Å². The maximum Gasteiger partial charge on any atom is 0.323 e. The number of hydrogen-bond acceptors (Lipinski definition) is 3. The number of urea groups is 1. The van der Waals surface area contributed by atoms with Crippen molar-refractivity contribution in [3.05, 3.63) is 27.7 Å². The zero-order valence-electron chi connectivity index (χ0n) is 9.97. The summed E-state index contributed by atoms with van der Waals surface area (Å²) >= 11 is 9.01. The third-order valence-corrected chi connectivity index (χ3v) is 3.53. The second-order valence-corrected chi connectivity index (χ2v) is 4.88. The molecule has 7 nitrogen and oxygen atoms in total. The Morgan fingerprint density at radius 1 is 1.20 bits per heavy atom. The molecule has 1 aromatic rings. The van der Waals surface area contributed by atoms with E-state index in [2.05, 4.69) is 21.2 Å². The SMILES string of the molecule is O=C(O)CN(CC(=O)O)C(=O)Nc1cccc(Cl)c1Br. The minimum absolute atomic E-state index is 0.309. The number of rotatable bonds is 5. The Hall–Kier alpha value is -1.80. The van der Waals surface area contributed by atoms with E-state index in [-0.39, 0.29) is 0 Å². The zero-order valence-corrected chi connectivity index (χ0v) is 12.3. The summed E-state index contributed by atoms with van der Waals surface area (Å²) in [6, 6.07) is 3.86. The highest BCUT2D eigenvalue weighted by Gasteiger charge is 2.20. The lowest BCUT2D eigenvalue weighted by molar-refractivity contribution is -0.140. The standard InChI is InChI=1S/C11H10BrClN2O5/c12-10-6(13)2-1-3-7(10)14-11(20)15(4-8(16)17)5-9(18)19/h1-3H,4-5H2,(H,14,20)(H,16,17)(H,18,19). The van der Waals surface area contributed by atoms with Crippen molar-refractivity contribution < 1.29 is 24.6 Å². The molecule has 2 amide bonds. The van der Waals surface area contributed by atoms with Crippen molar-refractivity contribution in [1.29, 1.82) is 0 Å². The first-order chi connectivity index (χ1) is 9.31. The number of halogens is 2. The van der Waals surface area contributed by atoms with E-state index < -0.39 is 31.1 Å². The highest BCUT2D eigenvalue weighted by Crippen LogP contribution is 2.30. The van der Waals surface area contributed by atoms with Crippen LogP contribution in [0.4, 0.5) is 10.5 Å². The number of carbonyl (C=O) groups is 3. The smallest absolute Gasteiger partial charge is 0.323 e. The molecule has 20 heavy (non-hydrogen) atoms. The van der Waals surface area contributed by atoms with Crippen molar-refractivity contribution in [3.8, 4) is 0 Å². The number of amides is 2. The lowest BCUT2D eigenvalue weighted by atomic mass is 10.3. The van der Waals surface area contributed by atoms with Gasteiger partial charge in [0.05, 0.1) is 15.2 Å². The lowest BCUT2D eigenvalue weighted by Crippen LogP contribution is -2.42. The van der Waals surface area contributed by atoms with E-state index in [0.29, 0.717) is 20.1 Å². The Bertz CT molecular complexity index is 536. The molecule has 0 unspecified atom stereocenters. The number of carboxylic acid groups (broad SMARTS) is 2. The Labute approximate surface area is 127 Å². The van der Waals surface area contributed by atoms with E-state index in [1.54, 1.807) is 12.1 Å². The quantitative estimate of drug-likeness (QED) is 0.741. The molecule has 9 heteroatoms. The van der Waals surface area contributed by atoms with Crippen LogP contribution in [0.25, 0.3) is 0 Å². The van der Waals surface area contributed by atoms with E-state index in [1.165, 1.54) is 6.07 Å². The van der Waals surface area contributed by atoms with E-state index in [0.717, 1.165) is 0 Å². The predicted octanol–water partition coefficient (Wildman–Crippen LogP) is 2.11. The molecule has 1 aromatic carbocycles. The third-order valence-electron chi connectivity index (χ3n) is 2.13. The maximum atomic E-state index is 11.9. The van der Waals surface area contributed by atoms with Crippen LogP contribution in [0, 0.1) is 0 Å². The average Bonchev–Trinajstić information content (AvgIpc) is 2.33. The molecule has 0 fully saturated rings.